The number of aromatic nitrogens is 6. The van der Waals surface area contributed by atoms with Crippen LogP contribution in [0.3, 0.4) is 0 Å². The Morgan fingerprint density at radius 3 is 2.50 bits per heavy atom. The molecule has 4 aromatic heterocycles. The van der Waals surface area contributed by atoms with E-state index in [1.807, 2.05) is 6.07 Å². The van der Waals surface area contributed by atoms with E-state index in [0.29, 0.717) is 31.4 Å². The van der Waals surface area contributed by atoms with Crippen LogP contribution in [0.2, 0.25) is 18.1 Å². The fraction of sp³-hybridized carbons (Fsp3) is 0.500. The number of carbonyl (C=O) groups is 1. The number of urea groups is 1. The van der Waals surface area contributed by atoms with E-state index in [1.54, 1.807) is 23.4 Å². The summed E-state index contributed by atoms with van der Waals surface area (Å²) < 4.78 is 9.09. The molecule has 1 aliphatic carbocycles. The summed E-state index contributed by atoms with van der Waals surface area (Å²) in [5.41, 5.74) is 3.32. The summed E-state index contributed by atoms with van der Waals surface area (Å²) in [5.74, 6) is 2.81. The molecule has 2 saturated heterocycles. The summed E-state index contributed by atoms with van der Waals surface area (Å²) in [6.45, 7) is 13.3. The van der Waals surface area contributed by atoms with Crippen molar-refractivity contribution in [1.29, 1.82) is 0 Å². The molecule has 0 bridgehead atoms. The lowest BCUT2D eigenvalue weighted by molar-refractivity contribution is 0.160. The highest BCUT2D eigenvalue weighted by Gasteiger charge is 2.44. The van der Waals surface area contributed by atoms with Crippen molar-refractivity contribution in [2.45, 2.75) is 82.1 Å². The Labute approximate surface area is 259 Å². The normalized spacial score (nSPS) is 21.1. The second kappa shape index (κ2) is 10.9. The number of fused-ring (bicyclic) bond motifs is 1. The number of nitrogens with one attached hydrogen (secondary N) is 1. The zero-order valence-electron chi connectivity index (χ0n) is 26.1. The summed E-state index contributed by atoms with van der Waals surface area (Å²) in [5, 5.41) is 3.08. The van der Waals surface area contributed by atoms with E-state index < -0.39 is 8.32 Å². The Bertz CT molecular complexity index is 1660. The number of anilines is 2. The second-order valence-electron chi connectivity index (χ2n) is 14.0. The van der Waals surface area contributed by atoms with Gasteiger partial charge in [-0.15, -0.1) is 0 Å². The van der Waals surface area contributed by atoms with Crippen LogP contribution in [-0.2, 0) is 4.43 Å². The van der Waals surface area contributed by atoms with Gasteiger partial charge in [0.25, 0.3) is 0 Å². The van der Waals surface area contributed by atoms with Crippen molar-refractivity contribution in [3.63, 3.8) is 0 Å². The quantitative estimate of drug-likeness (QED) is 0.262. The summed E-state index contributed by atoms with van der Waals surface area (Å²) >= 11 is 0. The molecule has 2 amide bonds. The third-order valence-corrected chi connectivity index (χ3v) is 14.2. The number of amides is 2. The average molecular weight is 612 g/mol. The van der Waals surface area contributed by atoms with E-state index in [0.717, 1.165) is 29.4 Å². The first-order valence-corrected chi connectivity index (χ1v) is 18.5. The maximum absolute atomic E-state index is 13.0. The molecule has 2 aliphatic heterocycles. The summed E-state index contributed by atoms with van der Waals surface area (Å²) in [7, 11) is -2.01. The monoisotopic (exact) mass is 611 g/mol. The topological polar surface area (TPSA) is 114 Å². The van der Waals surface area contributed by atoms with Crippen LogP contribution >= 0.6 is 0 Å². The van der Waals surface area contributed by atoms with Gasteiger partial charge in [0.15, 0.2) is 8.32 Å². The molecule has 1 saturated carbocycles. The molecule has 12 heteroatoms. The summed E-state index contributed by atoms with van der Waals surface area (Å²) in [4.78, 5) is 39.8. The van der Waals surface area contributed by atoms with Gasteiger partial charge in [-0.05, 0) is 54.6 Å². The molecular formula is C32H41N9O2Si. The van der Waals surface area contributed by atoms with Crippen LogP contribution in [0.1, 0.15) is 75.0 Å². The van der Waals surface area contributed by atoms with Crippen molar-refractivity contribution in [3.05, 3.63) is 72.5 Å². The molecule has 6 heterocycles. The van der Waals surface area contributed by atoms with Gasteiger partial charge in [-0.3, -0.25) is 5.32 Å². The van der Waals surface area contributed by atoms with Crippen LogP contribution in [0.5, 0.6) is 0 Å². The van der Waals surface area contributed by atoms with E-state index in [4.69, 9.17) is 9.41 Å². The Morgan fingerprint density at radius 2 is 1.77 bits per heavy atom. The minimum Gasteiger partial charge on any atom is -0.412 e. The van der Waals surface area contributed by atoms with E-state index in [1.165, 1.54) is 24.7 Å². The molecule has 0 aromatic carbocycles. The van der Waals surface area contributed by atoms with Gasteiger partial charge in [-0.2, -0.15) is 0 Å². The lowest BCUT2D eigenvalue weighted by Crippen LogP contribution is -2.50. The lowest BCUT2D eigenvalue weighted by atomic mass is 10.00. The summed E-state index contributed by atoms with van der Waals surface area (Å²) in [6.07, 6.45) is 12.8. The van der Waals surface area contributed by atoms with Crippen molar-refractivity contribution < 1.29 is 9.22 Å². The summed E-state index contributed by atoms with van der Waals surface area (Å²) in [6, 6.07) is 7.79. The zero-order chi connectivity index (χ0) is 30.6. The predicted molar refractivity (Wildman–Crippen MR) is 171 cm³/mol. The molecular weight excluding hydrogens is 570 g/mol. The second-order valence-corrected chi connectivity index (χ2v) is 18.7. The first-order valence-electron chi connectivity index (χ1n) is 15.6. The number of hydrogen-bond acceptors (Lipinski definition) is 8. The largest absolute Gasteiger partial charge is 0.412 e. The van der Waals surface area contributed by atoms with Gasteiger partial charge >= 0.3 is 6.03 Å². The van der Waals surface area contributed by atoms with Crippen molar-refractivity contribution >= 4 is 31.6 Å². The maximum atomic E-state index is 13.0. The number of nitrogens with zero attached hydrogens (tertiary/aromatic N) is 8. The lowest BCUT2D eigenvalue weighted by Gasteiger charge is -2.38. The average Bonchev–Trinajstić information content (AvgIpc) is 3.59. The van der Waals surface area contributed by atoms with E-state index in [-0.39, 0.29) is 29.1 Å². The molecule has 2 atom stereocenters. The maximum Gasteiger partial charge on any atom is 0.323 e. The van der Waals surface area contributed by atoms with E-state index >= 15 is 0 Å². The molecule has 0 unspecified atom stereocenters. The molecule has 1 N–H and O–H groups in total. The number of hydrogen-bond donors (Lipinski definition) is 1. The zero-order valence-corrected chi connectivity index (χ0v) is 27.1. The minimum atomic E-state index is -2.01. The molecule has 0 spiro atoms. The van der Waals surface area contributed by atoms with Crippen LogP contribution in [0, 0.1) is 0 Å². The first kappa shape index (κ1) is 28.8. The predicted octanol–water partition coefficient (Wildman–Crippen LogP) is 5.76. The van der Waals surface area contributed by atoms with Gasteiger partial charge in [0.05, 0.1) is 23.8 Å². The SMILES string of the molecule is CC(C)(C)[Si](C)(C)O[C@H]1C[C@H](c2cn3cc(C4CC4)ccc3n2)N(c2cc(NC(=O)N3CC(c4ncccn4)C3)ncn2)C1. The van der Waals surface area contributed by atoms with Crippen LogP contribution in [0.15, 0.2) is 55.4 Å². The van der Waals surface area contributed by atoms with Crippen LogP contribution in [0.25, 0.3) is 5.65 Å². The highest BCUT2D eigenvalue weighted by atomic mass is 28.4. The number of likely N-dealkylation sites (tertiary alicyclic amines) is 1. The molecule has 44 heavy (non-hydrogen) atoms. The minimum absolute atomic E-state index is 0.0190. The Hall–Kier alpha value is -3.90. The van der Waals surface area contributed by atoms with Crippen molar-refractivity contribution in [2.75, 3.05) is 29.9 Å². The fourth-order valence-corrected chi connectivity index (χ4v) is 7.31. The molecule has 4 aromatic rings. The van der Waals surface area contributed by atoms with Crippen LogP contribution < -0.4 is 10.2 Å². The van der Waals surface area contributed by atoms with Crippen LogP contribution in [0.4, 0.5) is 16.4 Å². The van der Waals surface area contributed by atoms with Gasteiger partial charge in [-0.1, -0.05) is 26.8 Å². The third kappa shape index (κ3) is 5.68. The number of rotatable bonds is 7. The molecule has 3 aliphatic rings. The van der Waals surface area contributed by atoms with E-state index in [9.17, 15) is 4.79 Å². The van der Waals surface area contributed by atoms with Crippen LogP contribution in [-0.4, -0.2) is 74.3 Å². The number of carbonyl (C=O) groups excluding carboxylic acids is 1. The van der Waals surface area contributed by atoms with Gasteiger partial charge < -0.3 is 18.6 Å². The van der Waals surface area contributed by atoms with Gasteiger partial charge in [0.2, 0.25) is 0 Å². The standard InChI is InChI=1S/C32H41N9O2Si/c1-32(2,3)44(4,5)43-24-13-26(25-19-39-15-22(21-7-8-21)9-10-28(39)37-25)41(18-24)29-14-27(35-20-36-29)38-31(42)40-16-23(17-40)30-33-11-6-12-34-30/h6,9-12,14-15,19-21,23-24,26H,7-8,13,16-18H2,1-5H3,(H,35,36,38,42)/t24-,26+/m0/s1. The van der Waals surface area contributed by atoms with Gasteiger partial charge in [0, 0.05) is 56.9 Å². The number of imidazole rings is 1. The van der Waals surface area contributed by atoms with Crippen molar-refractivity contribution in [1.82, 2.24) is 34.2 Å². The third-order valence-electron chi connectivity index (χ3n) is 9.71. The molecule has 7 rings (SSSR count). The van der Waals surface area contributed by atoms with Gasteiger partial charge in [-0.25, -0.2) is 29.7 Å². The smallest absolute Gasteiger partial charge is 0.323 e. The first-order chi connectivity index (χ1) is 21.0. The number of pyridine rings is 1. The Balaban J connectivity index is 1.11. The molecule has 11 nitrogen and oxygen atoms in total. The molecule has 3 fully saturated rings. The van der Waals surface area contributed by atoms with Gasteiger partial charge in [0.1, 0.15) is 29.4 Å². The fourth-order valence-electron chi connectivity index (χ4n) is 5.95. The Kier molecular flexibility index (Phi) is 7.16. The van der Waals surface area contributed by atoms with E-state index in [2.05, 4.69) is 92.9 Å². The molecule has 0 radical (unpaired) electrons. The van der Waals surface area contributed by atoms with Crippen molar-refractivity contribution in [2.24, 2.45) is 0 Å². The molecule has 230 valence electrons. The highest BCUT2D eigenvalue weighted by molar-refractivity contribution is 6.74. The Morgan fingerprint density at radius 1 is 1.00 bits per heavy atom. The highest BCUT2D eigenvalue weighted by Crippen LogP contribution is 2.43. The van der Waals surface area contributed by atoms with Crippen molar-refractivity contribution in [3.8, 4) is 0 Å².